The van der Waals surface area contributed by atoms with Crippen molar-refractivity contribution >= 4 is 5.97 Å². The molecule has 0 amide bonds. The number of likely N-dealkylation sites (tertiary alicyclic amines) is 1. The zero-order valence-electron chi connectivity index (χ0n) is 10.7. The van der Waals surface area contributed by atoms with Gasteiger partial charge in [-0.3, -0.25) is 9.69 Å². The van der Waals surface area contributed by atoms with E-state index in [1.807, 2.05) is 20.9 Å². The highest BCUT2D eigenvalue weighted by atomic mass is 16.5. The molecule has 1 unspecified atom stereocenters. The molecule has 1 aliphatic rings. The Morgan fingerprint density at radius 2 is 2.06 bits per heavy atom. The van der Waals surface area contributed by atoms with Crippen LogP contribution in [-0.2, 0) is 9.53 Å². The average Bonchev–Trinajstić information content (AvgIpc) is 2.31. The molecule has 0 saturated carbocycles. The van der Waals surface area contributed by atoms with Gasteiger partial charge in [-0.2, -0.15) is 0 Å². The molecule has 0 aliphatic carbocycles. The van der Waals surface area contributed by atoms with Crippen molar-refractivity contribution in [2.75, 3.05) is 26.7 Å². The van der Waals surface area contributed by atoms with Crippen molar-refractivity contribution in [3.63, 3.8) is 0 Å². The van der Waals surface area contributed by atoms with Gasteiger partial charge in [0.05, 0.1) is 6.61 Å². The summed E-state index contributed by atoms with van der Waals surface area (Å²) in [5.41, 5.74) is 0. The van der Waals surface area contributed by atoms with Gasteiger partial charge in [0, 0.05) is 19.1 Å². The first-order valence-corrected chi connectivity index (χ1v) is 6.30. The highest BCUT2D eigenvalue weighted by Gasteiger charge is 2.28. The predicted octanol–water partition coefficient (Wildman–Crippen LogP) is 1.01. The normalized spacial score (nSPS) is 20.7. The maximum absolute atomic E-state index is 11.7. The molecule has 0 aromatic heterocycles. The van der Waals surface area contributed by atoms with E-state index < -0.39 is 0 Å². The maximum atomic E-state index is 11.7. The number of hydrogen-bond donors (Lipinski definition) is 1. The number of rotatable bonds is 5. The van der Waals surface area contributed by atoms with Crippen molar-refractivity contribution in [3.05, 3.63) is 0 Å². The Bertz CT molecular complexity index is 213. The summed E-state index contributed by atoms with van der Waals surface area (Å²) in [6.07, 6.45) is 3.07. The van der Waals surface area contributed by atoms with Gasteiger partial charge < -0.3 is 10.1 Å². The minimum atomic E-state index is -0.0621. The van der Waals surface area contributed by atoms with Crippen LogP contribution in [0.3, 0.4) is 0 Å². The van der Waals surface area contributed by atoms with Crippen molar-refractivity contribution in [1.29, 1.82) is 0 Å². The average molecular weight is 228 g/mol. The fourth-order valence-corrected chi connectivity index (χ4v) is 2.31. The molecule has 0 radical (unpaired) electrons. The van der Waals surface area contributed by atoms with E-state index in [0.717, 1.165) is 32.4 Å². The van der Waals surface area contributed by atoms with E-state index in [1.165, 1.54) is 0 Å². The molecule has 4 heteroatoms. The largest absolute Gasteiger partial charge is 0.465 e. The summed E-state index contributed by atoms with van der Waals surface area (Å²) in [4.78, 5) is 14.0. The van der Waals surface area contributed by atoms with E-state index in [1.54, 1.807) is 0 Å². The SMILES string of the molecule is CCOC(=O)C(CC)N1CCC(NC)CC1. The number of ether oxygens (including phenoxy) is 1. The zero-order valence-corrected chi connectivity index (χ0v) is 10.7. The molecular formula is C12H24N2O2. The fraction of sp³-hybridized carbons (Fsp3) is 0.917. The van der Waals surface area contributed by atoms with Crippen LogP contribution in [0.15, 0.2) is 0 Å². The number of nitrogens with zero attached hydrogens (tertiary/aromatic N) is 1. The Labute approximate surface area is 98.3 Å². The molecule has 1 atom stereocenters. The van der Waals surface area contributed by atoms with Crippen LogP contribution in [0.25, 0.3) is 0 Å². The Balaban J connectivity index is 2.45. The van der Waals surface area contributed by atoms with Gasteiger partial charge in [0.1, 0.15) is 6.04 Å². The summed E-state index contributed by atoms with van der Waals surface area (Å²) in [6.45, 7) is 6.36. The topological polar surface area (TPSA) is 41.6 Å². The second kappa shape index (κ2) is 6.86. The number of piperidine rings is 1. The number of hydrogen-bond acceptors (Lipinski definition) is 4. The quantitative estimate of drug-likeness (QED) is 0.713. The number of esters is 1. The zero-order chi connectivity index (χ0) is 12.0. The third-order valence-electron chi connectivity index (χ3n) is 3.32. The molecule has 1 heterocycles. The van der Waals surface area contributed by atoms with Gasteiger partial charge in [0.25, 0.3) is 0 Å². The van der Waals surface area contributed by atoms with Crippen LogP contribution in [0.4, 0.5) is 0 Å². The van der Waals surface area contributed by atoms with Crippen molar-refractivity contribution in [2.45, 2.75) is 45.2 Å². The first-order chi connectivity index (χ1) is 7.72. The summed E-state index contributed by atoms with van der Waals surface area (Å²) in [5, 5.41) is 3.29. The van der Waals surface area contributed by atoms with Gasteiger partial charge in [0.2, 0.25) is 0 Å². The van der Waals surface area contributed by atoms with Crippen LogP contribution in [0.2, 0.25) is 0 Å². The van der Waals surface area contributed by atoms with Gasteiger partial charge in [-0.25, -0.2) is 0 Å². The molecule has 0 bridgehead atoms. The lowest BCUT2D eigenvalue weighted by atomic mass is 10.0. The van der Waals surface area contributed by atoms with E-state index in [2.05, 4.69) is 10.2 Å². The molecule has 94 valence electrons. The number of nitrogens with one attached hydrogen (secondary N) is 1. The Morgan fingerprint density at radius 3 is 2.50 bits per heavy atom. The molecule has 0 aromatic carbocycles. The number of carbonyl (C=O) groups is 1. The molecule has 0 spiro atoms. The van der Waals surface area contributed by atoms with E-state index >= 15 is 0 Å². The van der Waals surface area contributed by atoms with E-state index in [4.69, 9.17) is 4.74 Å². The summed E-state index contributed by atoms with van der Waals surface area (Å²) >= 11 is 0. The standard InChI is InChI=1S/C12H24N2O2/c1-4-11(12(15)16-5-2)14-8-6-10(13-3)7-9-14/h10-11,13H,4-9H2,1-3H3. The molecule has 16 heavy (non-hydrogen) atoms. The third kappa shape index (κ3) is 3.46. The van der Waals surface area contributed by atoms with Gasteiger partial charge in [-0.05, 0) is 33.2 Å². The lowest BCUT2D eigenvalue weighted by Gasteiger charge is -2.35. The van der Waals surface area contributed by atoms with Crippen LogP contribution in [0.1, 0.15) is 33.1 Å². The van der Waals surface area contributed by atoms with Crippen molar-refractivity contribution in [3.8, 4) is 0 Å². The Hall–Kier alpha value is -0.610. The number of carbonyl (C=O) groups excluding carboxylic acids is 1. The minimum absolute atomic E-state index is 0.0437. The lowest BCUT2D eigenvalue weighted by Crippen LogP contribution is -2.49. The highest BCUT2D eigenvalue weighted by Crippen LogP contribution is 2.15. The van der Waals surface area contributed by atoms with Gasteiger partial charge in [-0.1, -0.05) is 6.92 Å². The first-order valence-electron chi connectivity index (χ1n) is 6.30. The molecule has 1 N–H and O–H groups in total. The second-order valence-electron chi connectivity index (χ2n) is 4.28. The first kappa shape index (κ1) is 13.5. The molecule has 1 rings (SSSR count). The summed E-state index contributed by atoms with van der Waals surface area (Å²) in [7, 11) is 2.00. The molecule has 1 saturated heterocycles. The van der Waals surface area contributed by atoms with Crippen LogP contribution in [0.5, 0.6) is 0 Å². The second-order valence-corrected chi connectivity index (χ2v) is 4.28. The Morgan fingerprint density at radius 1 is 1.44 bits per heavy atom. The van der Waals surface area contributed by atoms with Crippen LogP contribution in [-0.4, -0.2) is 49.7 Å². The Kier molecular flexibility index (Phi) is 5.77. The van der Waals surface area contributed by atoms with Gasteiger partial charge in [-0.15, -0.1) is 0 Å². The molecule has 4 nitrogen and oxygen atoms in total. The smallest absolute Gasteiger partial charge is 0.323 e. The van der Waals surface area contributed by atoms with Gasteiger partial charge in [0.15, 0.2) is 0 Å². The minimum Gasteiger partial charge on any atom is -0.465 e. The van der Waals surface area contributed by atoms with Crippen LogP contribution in [0, 0.1) is 0 Å². The van der Waals surface area contributed by atoms with Crippen LogP contribution >= 0.6 is 0 Å². The highest BCUT2D eigenvalue weighted by molar-refractivity contribution is 5.75. The summed E-state index contributed by atoms with van der Waals surface area (Å²) in [5.74, 6) is -0.0621. The van der Waals surface area contributed by atoms with Crippen molar-refractivity contribution in [1.82, 2.24) is 10.2 Å². The van der Waals surface area contributed by atoms with E-state index in [9.17, 15) is 4.79 Å². The fourth-order valence-electron chi connectivity index (χ4n) is 2.31. The van der Waals surface area contributed by atoms with E-state index in [-0.39, 0.29) is 12.0 Å². The predicted molar refractivity (Wildman–Crippen MR) is 64.4 cm³/mol. The maximum Gasteiger partial charge on any atom is 0.323 e. The summed E-state index contributed by atoms with van der Waals surface area (Å²) < 4.78 is 5.11. The molecule has 0 aromatic rings. The lowest BCUT2D eigenvalue weighted by molar-refractivity contribution is -0.150. The van der Waals surface area contributed by atoms with Crippen LogP contribution < -0.4 is 5.32 Å². The summed E-state index contributed by atoms with van der Waals surface area (Å²) in [6, 6.07) is 0.564. The monoisotopic (exact) mass is 228 g/mol. The van der Waals surface area contributed by atoms with Crippen molar-refractivity contribution in [2.24, 2.45) is 0 Å². The third-order valence-corrected chi connectivity index (χ3v) is 3.32. The van der Waals surface area contributed by atoms with Gasteiger partial charge >= 0.3 is 5.97 Å². The van der Waals surface area contributed by atoms with E-state index in [0.29, 0.717) is 12.6 Å². The molecule has 1 fully saturated rings. The molecular weight excluding hydrogens is 204 g/mol. The molecule has 1 aliphatic heterocycles. The van der Waals surface area contributed by atoms with Crippen molar-refractivity contribution < 1.29 is 9.53 Å².